The Morgan fingerprint density at radius 2 is 2.00 bits per heavy atom. The standard InChI is InChI=1S/C12H15BrN2O3S/c1-19(17,18)15-6-4-9(5-7-15)12(16)10-2-3-11(13)14-8-10/h2-3,8-9H,4-7H2,1H3. The Hall–Kier alpha value is -0.790. The van der Waals surface area contributed by atoms with E-state index in [-0.39, 0.29) is 11.7 Å². The Kier molecular flexibility index (Phi) is 4.37. The van der Waals surface area contributed by atoms with Crippen LogP contribution in [-0.2, 0) is 10.0 Å². The SMILES string of the molecule is CS(=O)(=O)N1CCC(C(=O)c2ccc(Br)nc2)CC1. The topological polar surface area (TPSA) is 67.3 Å². The van der Waals surface area contributed by atoms with Gasteiger partial charge in [-0.1, -0.05) is 0 Å². The lowest BCUT2D eigenvalue weighted by Crippen LogP contribution is -2.39. The highest BCUT2D eigenvalue weighted by atomic mass is 79.9. The summed E-state index contributed by atoms with van der Waals surface area (Å²) in [6.45, 7) is 0.832. The molecule has 0 amide bonds. The number of sulfonamides is 1. The van der Waals surface area contributed by atoms with Gasteiger partial charge >= 0.3 is 0 Å². The van der Waals surface area contributed by atoms with Crippen LogP contribution in [0.15, 0.2) is 22.9 Å². The number of pyridine rings is 1. The first-order chi connectivity index (χ1) is 8.88. The minimum Gasteiger partial charge on any atom is -0.294 e. The van der Waals surface area contributed by atoms with E-state index in [1.807, 2.05) is 0 Å². The zero-order chi connectivity index (χ0) is 14.0. The molecule has 104 valence electrons. The van der Waals surface area contributed by atoms with Crippen molar-refractivity contribution in [3.05, 3.63) is 28.5 Å². The van der Waals surface area contributed by atoms with Gasteiger partial charge in [0.15, 0.2) is 5.78 Å². The van der Waals surface area contributed by atoms with Crippen LogP contribution in [0.2, 0.25) is 0 Å². The molecule has 7 heteroatoms. The van der Waals surface area contributed by atoms with E-state index in [4.69, 9.17) is 0 Å². The van der Waals surface area contributed by atoms with Crippen LogP contribution in [0.3, 0.4) is 0 Å². The number of halogens is 1. The second kappa shape index (κ2) is 5.68. The van der Waals surface area contributed by atoms with Gasteiger partial charge in [-0.3, -0.25) is 4.79 Å². The second-order valence-electron chi connectivity index (χ2n) is 4.67. The van der Waals surface area contributed by atoms with Crippen LogP contribution >= 0.6 is 15.9 Å². The Morgan fingerprint density at radius 3 is 2.47 bits per heavy atom. The van der Waals surface area contributed by atoms with Crippen molar-refractivity contribution in [1.82, 2.24) is 9.29 Å². The highest BCUT2D eigenvalue weighted by Gasteiger charge is 2.29. The Labute approximate surface area is 121 Å². The molecule has 1 aliphatic rings. The third-order valence-corrected chi connectivity index (χ3v) is 5.08. The molecule has 1 aromatic rings. The fourth-order valence-corrected chi connectivity index (χ4v) is 3.32. The monoisotopic (exact) mass is 346 g/mol. The first-order valence-corrected chi connectivity index (χ1v) is 8.63. The number of aromatic nitrogens is 1. The molecule has 1 fully saturated rings. The molecule has 1 aromatic heterocycles. The van der Waals surface area contributed by atoms with Gasteiger partial charge in [0.1, 0.15) is 4.60 Å². The number of carbonyl (C=O) groups excluding carboxylic acids is 1. The molecule has 1 saturated heterocycles. The number of carbonyl (C=O) groups is 1. The van der Waals surface area contributed by atoms with Crippen molar-refractivity contribution >= 4 is 31.7 Å². The van der Waals surface area contributed by atoms with Crippen LogP contribution in [0.4, 0.5) is 0 Å². The molecule has 0 aliphatic carbocycles. The smallest absolute Gasteiger partial charge is 0.211 e. The molecule has 5 nitrogen and oxygen atoms in total. The Balaban J connectivity index is 2.02. The summed E-state index contributed by atoms with van der Waals surface area (Å²) in [5.74, 6) is -0.0610. The summed E-state index contributed by atoms with van der Waals surface area (Å²) >= 11 is 3.22. The van der Waals surface area contributed by atoms with Crippen LogP contribution in [0, 0.1) is 5.92 Å². The normalized spacial score (nSPS) is 18.4. The largest absolute Gasteiger partial charge is 0.294 e. The zero-order valence-electron chi connectivity index (χ0n) is 10.5. The molecule has 0 spiro atoms. The fourth-order valence-electron chi connectivity index (χ4n) is 2.21. The molecule has 0 saturated carbocycles. The van der Waals surface area contributed by atoms with Crippen LogP contribution in [0.25, 0.3) is 0 Å². The predicted octanol–water partition coefficient (Wildman–Crippen LogP) is 1.70. The summed E-state index contributed by atoms with van der Waals surface area (Å²) < 4.78 is 24.9. The van der Waals surface area contributed by atoms with Gasteiger partial charge in [0.2, 0.25) is 10.0 Å². The maximum Gasteiger partial charge on any atom is 0.211 e. The molecular weight excluding hydrogens is 332 g/mol. The molecular formula is C12H15BrN2O3S. The zero-order valence-corrected chi connectivity index (χ0v) is 12.9. The van der Waals surface area contributed by atoms with E-state index in [1.54, 1.807) is 18.3 Å². The first kappa shape index (κ1) is 14.6. The van der Waals surface area contributed by atoms with E-state index in [2.05, 4.69) is 20.9 Å². The average Bonchev–Trinajstić information content (AvgIpc) is 2.38. The van der Waals surface area contributed by atoms with Crippen molar-refractivity contribution < 1.29 is 13.2 Å². The van der Waals surface area contributed by atoms with E-state index in [9.17, 15) is 13.2 Å². The second-order valence-corrected chi connectivity index (χ2v) is 7.47. The highest BCUT2D eigenvalue weighted by Crippen LogP contribution is 2.23. The van der Waals surface area contributed by atoms with Crippen molar-refractivity contribution in [3.63, 3.8) is 0 Å². The lowest BCUT2D eigenvalue weighted by Gasteiger charge is -2.29. The summed E-state index contributed by atoms with van der Waals surface area (Å²) in [5, 5.41) is 0. The number of hydrogen-bond acceptors (Lipinski definition) is 4. The maximum absolute atomic E-state index is 12.2. The van der Waals surface area contributed by atoms with Gasteiger partial charge in [-0.05, 0) is 40.9 Å². The molecule has 19 heavy (non-hydrogen) atoms. The van der Waals surface area contributed by atoms with Crippen LogP contribution in [0.1, 0.15) is 23.2 Å². The number of ketones is 1. The summed E-state index contributed by atoms with van der Waals surface area (Å²) in [4.78, 5) is 16.3. The molecule has 2 rings (SSSR count). The van der Waals surface area contributed by atoms with Crippen LogP contribution in [0.5, 0.6) is 0 Å². The molecule has 0 bridgehead atoms. The third-order valence-electron chi connectivity index (χ3n) is 3.31. The number of rotatable bonds is 3. The van der Waals surface area contributed by atoms with Gasteiger partial charge in [0, 0.05) is 30.8 Å². The number of nitrogens with zero attached hydrogens (tertiary/aromatic N) is 2. The Morgan fingerprint density at radius 1 is 1.37 bits per heavy atom. The minimum atomic E-state index is -3.14. The summed E-state index contributed by atoms with van der Waals surface area (Å²) in [7, 11) is -3.14. The first-order valence-electron chi connectivity index (χ1n) is 5.99. The van der Waals surface area contributed by atoms with E-state index in [1.165, 1.54) is 10.6 Å². The molecule has 0 unspecified atom stereocenters. The number of piperidine rings is 1. The molecule has 0 atom stereocenters. The van der Waals surface area contributed by atoms with E-state index >= 15 is 0 Å². The molecule has 1 aliphatic heterocycles. The fraction of sp³-hybridized carbons (Fsp3) is 0.500. The van der Waals surface area contributed by atoms with Crippen LogP contribution < -0.4 is 0 Å². The van der Waals surface area contributed by atoms with Gasteiger partial charge in [0.05, 0.1) is 6.26 Å². The lowest BCUT2D eigenvalue weighted by atomic mass is 9.90. The predicted molar refractivity (Wildman–Crippen MR) is 75.4 cm³/mol. The Bertz CT molecular complexity index is 563. The molecule has 2 heterocycles. The number of Topliss-reactive ketones (excluding diaryl/α,β-unsaturated/α-hetero) is 1. The summed E-state index contributed by atoms with van der Waals surface area (Å²) in [6.07, 6.45) is 3.90. The van der Waals surface area contributed by atoms with E-state index in [0.717, 1.165) is 0 Å². The summed E-state index contributed by atoms with van der Waals surface area (Å²) in [5.41, 5.74) is 0.584. The van der Waals surface area contributed by atoms with Gasteiger partial charge < -0.3 is 0 Å². The lowest BCUT2D eigenvalue weighted by molar-refractivity contribution is 0.0875. The molecule has 0 radical (unpaired) electrons. The van der Waals surface area contributed by atoms with Crippen molar-refractivity contribution in [3.8, 4) is 0 Å². The quantitative estimate of drug-likeness (QED) is 0.617. The van der Waals surface area contributed by atoms with Crippen molar-refractivity contribution in [2.24, 2.45) is 5.92 Å². The molecule has 0 aromatic carbocycles. The highest BCUT2D eigenvalue weighted by molar-refractivity contribution is 9.10. The van der Waals surface area contributed by atoms with E-state index in [0.29, 0.717) is 36.1 Å². The van der Waals surface area contributed by atoms with Crippen molar-refractivity contribution in [2.45, 2.75) is 12.8 Å². The van der Waals surface area contributed by atoms with Crippen LogP contribution in [-0.4, -0.2) is 42.8 Å². The summed E-state index contributed by atoms with van der Waals surface area (Å²) in [6, 6.07) is 3.47. The van der Waals surface area contributed by atoms with Gasteiger partial charge in [-0.2, -0.15) is 0 Å². The maximum atomic E-state index is 12.2. The minimum absolute atomic E-state index is 0.0492. The van der Waals surface area contributed by atoms with Gasteiger partial charge in [-0.15, -0.1) is 0 Å². The van der Waals surface area contributed by atoms with Crippen molar-refractivity contribution in [2.75, 3.05) is 19.3 Å². The van der Waals surface area contributed by atoms with Gasteiger partial charge in [0.25, 0.3) is 0 Å². The average molecular weight is 347 g/mol. The van der Waals surface area contributed by atoms with Gasteiger partial charge in [-0.25, -0.2) is 17.7 Å². The molecule has 0 N–H and O–H groups in total. The van der Waals surface area contributed by atoms with Crippen molar-refractivity contribution in [1.29, 1.82) is 0 Å². The third kappa shape index (κ3) is 3.61. The van der Waals surface area contributed by atoms with E-state index < -0.39 is 10.0 Å². The number of hydrogen-bond donors (Lipinski definition) is 0.